The Labute approximate surface area is 198 Å². The Hall–Kier alpha value is -2.94. The molecule has 0 saturated carbocycles. The molecule has 2 amide bonds. The van der Waals surface area contributed by atoms with Crippen LogP contribution in [0.15, 0.2) is 41.8 Å². The summed E-state index contributed by atoms with van der Waals surface area (Å²) < 4.78 is 0. The van der Waals surface area contributed by atoms with Crippen molar-refractivity contribution < 1.29 is 9.59 Å². The van der Waals surface area contributed by atoms with Gasteiger partial charge in [-0.3, -0.25) is 9.59 Å². The maximum atomic E-state index is 13.1. The molecule has 0 saturated heterocycles. The van der Waals surface area contributed by atoms with E-state index in [-0.39, 0.29) is 5.56 Å². The molecule has 6 nitrogen and oxygen atoms in total. The number of aromatic nitrogens is 1. The number of anilines is 2. The molecule has 0 bridgehead atoms. The highest BCUT2D eigenvalue weighted by atomic mass is 35.5. The second-order valence-corrected chi connectivity index (χ2v) is 10.1. The second kappa shape index (κ2) is 8.90. The molecular formula is C23H21ClN4O2S2. The third-order valence-corrected chi connectivity index (χ3v) is 7.16. The molecule has 0 aliphatic carbocycles. The first-order valence-electron chi connectivity index (χ1n) is 9.91. The molecule has 3 heterocycles. The summed E-state index contributed by atoms with van der Waals surface area (Å²) in [6.45, 7) is 4.26. The number of hydrogen-bond acceptors (Lipinski definition) is 6. The van der Waals surface area contributed by atoms with Crippen molar-refractivity contribution >= 4 is 67.0 Å². The summed E-state index contributed by atoms with van der Waals surface area (Å²) in [7, 11) is 0. The minimum atomic E-state index is -0.629. The van der Waals surface area contributed by atoms with E-state index in [0.717, 1.165) is 23.1 Å². The van der Waals surface area contributed by atoms with Gasteiger partial charge in [0.15, 0.2) is 0 Å². The number of nitrogens with zero attached hydrogens (tertiary/aromatic N) is 1. The number of carbonyl (C=O) groups excluding carboxylic acids is 2. The molecule has 0 radical (unpaired) electrons. The van der Waals surface area contributed by atoms with Gasteiger partial charge >= 0.3 is 0 Å². The number of nitrogen functional groups attached to an aromatic ring is 1. The summed E-state index contributed by atoms with van der Waals surface area (Å²) in [6, 6.07) is 10.9. The SMILES string of the molecule is CC(C)Cc1ccc2c(N)c(C(=O)Nc3scc(-c4ccc(Cl)cc4)c3C(N)=O)sc2n1. The van der Waals surface area contributed by atoms with Gasteiger partial charge in [-0.15, -0.1) is 22.7 Å². The van der Waals surface area contributed by atoms with E-state index in [4.69, 9.17) is 23.1 Å². The van der Waals surface area contributed by atoms with Crippen LogP contribution >= 0.6 is 34.3 Å². The average molecular weight is 485 g/mol. The van der Waals surface area contributed by atoms with Crippen LogP contribution in [-0.2, 0) is 6.42 Å². The Balaban J connectivity index is 1.67. The van der Waals surface area contributed by atoms with E-state index in [1.54, 1.807) is 29.6 Å². The van der Waals surface area contributed by atoms with Gasteiger partial charge in [0.05, 0.1) is 11.3 Å². The van der Waals surface area contributed by atoms with E-state index >= 15 is 0 Å². The van der Waals surface area contributed by atoms with Gasteiger partial charge in [-0.2, -0.15) is 0 Å². The van der Waals surface area contributed by atoms with Crippen LogP contribution in [0.5, 0.6) is 0 Å². The van der Waals surface area contributed by atoms with E-state index in [2.05, 4.69) is 24.1 Å². The lowest BCUT2D eigenvalue weighted by Gasteiger charge is -2.06. The third-order valence-electron chi connectivity index (χ3n) is 4.89. The predicted octanol–water partition coefficient (Wildman–Crippen LogP) is 5.81. The molecule has 32 heavy (non-hydrogen) atoms. The number of rotatable bonds is 6. The lowest BCUT2D eigenvalue weighted by molar-refractivity contribution is 0.100. The molecule has 0 aliphatic heterocycles. The van der Waals surface area contributed by atoms with Crippen LogP contribution in [0.1, 0.15) is 39.6 Å². The number of benzene rings is 1. The lowest BCUT2D eigenvalue weighted by Crippen LogP contribution is -2.17. The van der Waals surface area contributed by atoms with Crippen molar-refractivity contribution in [1.82, 2.24) is 4.98 Å². The fraction of sp³-hybridized carbons (Fsp3) is 0.174. The molecule has 3 aromatic heterocycles. The zero-order chi connectivity index (χ0) is 23.0. The molecule has 0 atom stereocenters. The van der Waals surface area contributed by atoms with Gasteiger partial charge in [-0.1, -0.05) is 37.6 Å². The van der Waals surface area contributed by atoms with Crippen molar-refractivity contribution in [3.8, 4) is 11.1 Å². The third kappa shape index (κ3) is 4.34. The molecule has 0 unspecified atom stereocenters. The number of nitrogens with two attached hydrogens (primary N) is 2. The van der Waals surface area contributed by atoms with Gasteiger partial charge < -0.3 is 16.8 Å². The van der Waals surface area contributed by atoms with E-state index in [1.165, 1.54) is 22.7 Å². The summed E-state index contributed by atoms with van der Waals surface area (Å²) in [5.74, 6) is -0.556. The number of fused-ring (bicyclic) bond motifs is 1. The Bertz CT molecular complexity index is 1330. The maximum absolute atomic E-state index is 13.1. The summed E-state index contributed by atoms with van der Waals surface area (Å²) >= 11 is 8.43. The Morgan fingerprint density at radius 1 is 1.16 bits per heavy atom. The minimum Gasteiger partial charge on any atom is -0.397 e. The molecule has 1 aromatic carbocycles. The maximum Gasteiger partial charge on any atom is 0.268 e. The standard InChI is InChI=1S/C23H21ClN4O2S2/c1-11(2)9-14-7-8-15-18(25)19(32-22(15)27-14)21(30)28-23-17(20(26)29)16(10-31-23)12-3-5-13(24)6-4-12/h3-8,10-11H,9,25H2,1-2H3,(H2,26,29)(H,28,30). The van der Waals surface area contributed by atoms with E-state index < -0.39 is 11.8 Å². The van der Waals surface area contributed by atoms with E-state index in [0.29, 0.717) is 36.9 Å². The zero-order valence-corrected chi connectivity index (χ0v) is 19.8. The van der Waals surface area contributed by atoms with Gasteiger partial charge in [-0.05, 0) is 42.2 Å². The number of pyridine rings is 1. The highest BCUT2D eigenvalue weighted by molar-refractivity contribution is 7.21. The van der Waals surface area contributed by atoms with Gasteiger partial charge in [0.25, 0.3) is 11.8 Å². The molecule has 0 fully saturated rings. The average Bonchev–Trinajstić information content (AvgIpc) is 3.29. The highest BCUT2D eigenvalue weighted by Crippen LogP contribution is 2.38. The van der Waals surface area contributed by atoms with Crippen molar-refractivity contribution in [3.63, 3.8) is 0 Å². The normalized spacial score (nSPS) is 11.2. The van der Waals surface area contributed by atoms with Gasteiger partial charge in [0.1, 0.15) is 14.7 Å². The van der Waals surface area contributed by atoms with Crippen LogP contribution in [-0.4, -0.2) is 16.8 Å². The summed E-state index contributed by atoms with van der Waals surface area (Å²) in [5.41, 5.74) is 14.9. The van der Waals surface area contributed by atoms with Crippen LogP contribution in [0.4, 0.5) is 10.7 Å². The number of nitrogens with one attached hydrogen (secondary N) is 1. The zero-order valence-electron chi connectivity index (χ0n) is 17.4. The molecule has 164 valence electrons. The molecule has 0 spiro atoms. The number of amides is 2. The smallest absolute Gasteiger partial charge is 0.268 e. The summed E-state index contributed by atoms with van der Waals surface area (Å²) in [6.07, 6.45) is 0.847. The van der Waals surface area contributed by atoms with Gasteiger partial charge in [-0.25, -0.2) is 4.98 Å². The molecule has 9 heteroatoms. The van der Waals surface area contributed by atoms with Crippen LogP contribution in [0.2, 0.25) is 5.02 Å². The van der Waals surface area contributed by atoms with Crippen LogP contribution in [0, 0.1) is 5.92 Å². The molecule has 5 N–H and O–H groups in total. The van der Waals surface area contributed by atoms with Crippen molar-refractivity contribution in [2.45, 2.75) is 20.3 Å². The molecular weight excluding hydrogens is 464 g/mol. The van der Waals surface area contributed by atoms with Crippen molar-refractivity contribution in [2.24, 2.45) is 11.7 Å². The van der Waals surface area contributed by atoms with Crippen molar-refractivity contribution in [1.29, 1.82) is 0 Å². The number of thiophene rings is 2. The minimum absolute atomic E-state index is 0.252. The topological polar surface area (TPSA) is 111 Å². The lowest BCUT2D eigenvalue weighted by atomic mass is 10.0. The van der Waals surface area contributed by atoms with Crippen molar-refractivity contribution in [3.05, 3.63) is 62.9 Å². The summed E-state index contributed by atoms with van der Waals surface area (Å²) in [5, 5.41) is 6.30. The summed E-state index contributed by atoms with van der Waals surface area (Å²) in [4.78, 5) is 31.0. The molecule has 4 rings (SSSR count). The van der Waals surface area contributed by atoms with Gasteiger partial charge in [0, 0.05) is 27.0 Å². The molecule has 0 aliphatic rings. The van der Waals surface area contributed by atoms with E-state index in [9.17, 15) is 9.59 Å². The monoisotopic (exact) mass is 484 g/mol. The number of halogens is 1. The number of hydrogen-bond donors (Lipinski definition) is 3. The Kier molecular flexibility index (Phi) is 6.19. The second-order valence-electron chi connectivity index (χ2n) is 7.78. The first kappa shape index (κ1) is 22.3. The number of primary amides is 1. The largest absolute Gasteiger partial charge is 0.397 e. The van der Waals surface area contributed by atoms with Gasteiger partial charge in [0.2, 0.25) is 0 Å². The first-order valence-corrected chi connectivity index (χ1v) is 12.0. The molecule has 4 aromatic rings. The number of carbonyl (C=O) groups is 2. The van der Waals surface area contributed by atoms with Crippen LogP contribution in [0.3, 0.4) is 0 Å². The van der Waals surface area contributed by atoms with Crippen molar-refractivity contribution in [2.75, 3.05) is 11.1 Å². The quantitative estimate of drug-likeness (QED) is 0.320. The highest BCUT2D eigenvalue weighted by Gasteiger charge is 2.23. The van der Waals surface area contributed by atoms with Crippen LogP contribution in [0.25, 0.3) is 21.3 Å². The Morgan fingerprint density at radius 3 is 2.53 bits per heavy atom. The first-order chi connectivity index (χ1) is 15.2. The Morgan fingerprint density at radius 2 is 1.88 bits per heavy atom. The fourth-order valence-corrected chi connectivity index (χ4v) is 5.54. The van der Waals surface area contributed by atoms with E-state index in [1.807, 2.05) is 12.1 Å². The predicted molar refractivity (Wildman–Crippen MR) is 134 cm³/mol. The fourth-order valence-electron chi connectivity index (χ4n) is 3.43. The van der Waals surface area contributed by atoms with Crippen LogP contribution < -0.4 is 16.8 Å².